The van der Waals surface area contributed by atoms with E-state index in [0.29, 0.717) is 0 Å². The second-order valence-corrected chi connectivity index (χ2v) is 3.88. The predicted octanol–water partition coefficient (Wildman–Crippen LogP) is 3.14. The molecule has 0 radical (unpaired) electrons. The van der Waals surface area contributed by atoms with Gasteiger partial charge in [0.25, 0.3) is 0 Å². The molecule has 1 atom stereocenters. The lowest BCUT2D eigenvalue weighted by atomic mass is 10.0. The number of aliphatic hydroxyl groups is 1. The van der Waals surface area contributed by atoms with E-state index in [1.54, 1.807) is 6.92 Å². The van der Waals surface area contributed by atoms with E-state index >= 15 is 0 Å². The Morgan fingerprint density at radius 1 is 0.882 bits per heavy atom. The molecule has 0 amide bonds. The van der Waals surface area contributed by atoms with Crippen LogP contribution in [0.15, 0.2) is 54.6 Å². The van der Waals surface area contributed by atoms with Crippen LogP contribution in [-0.2, 0) is 0 Å². The molecule has 1 heteroatoms. The van der Waals surface area contributed by atoms with Crippen LogP contribution in [0.1, 0.15) is 29.7 Å². The Morgan fingerprint density at radius 3 is 2.24 bits per heavy atom. The quantitative estimate of drug-likeness (QED) is 0.735. The summed E-state index contributed by atoms with van der Waals surface area (Å²) in [6.45, 7) is 1.75. The lowest BCUT2D eigenvalue weighted by molar-refractivity contribution is 0.199. The highest BCUT2D eigenvalue weighted by Crippen LogP contribution is 2.16. The Labute approximate surface area is 102 Å². The molecular formula is C16H14O. The molecule has 0 aliphatic heterocycles. The maximum absolute atomic E-state index is 9.63. The third-order valence-corrected chi connectivity index (χ3v) is 2.53. The molecule has 0 bridgehead atoms. The highest BCUT2D eigenvalue weighted by Gasteiger charge is 2.04. The number of hydrogen-bond acceptors (Lipinski definition) is 1. The summed E-state index contributed by atoms with van der Waals surface area (Å²) in [5.74, 6) is 6.20. The van der Waals surface area contributed by atoms with Crippen molar-refractivity contribution in [1.82, 2.24) is 0 Å². The molecule has 0 aromatic heterocycles. The molecular weight excluding hydrogens is 208 g/mol. The smallest absolute Gasteiger partial charge is 0.0774 e. The largest absolute Gasteiger partial charge is 0.389 e. The molecule has 1 unspecified atom stereocenters. The third-order valence-electron chi connectivity index (χ3n) is 2.53. The summed E-state index contributed by atoms with van der Waals surface area (Å²) in [4.78, 5) is 0. The lowest BCUT2D eigenvalue weighted by Crippen LogP contribution is -1.94. The Kier molecular flexibility index (Phi) is 3.59. The summed E-state index contributed by atoms with van der Waals surface area (Å²) in [6, 6.07) is 17.5. The molecule has 2 aromatic carbocycles. The summed E-state index contributed by atoms with van der Waals surface area (Å²) in [7, 11) is 0. The van der Waals surface area contributed by atoms with Crippen LogP contribution >= 0.6 is 0 Å². The van der Waals surface area contributed by atoms with Gasteiger partial charge in [-0.25, -0.2) is 0 Å². The van der Waals surface area contributed by atoms with Gasteiger partial charge in [-0.1, -0.05) is 48.2 Å². The Balaban J connectivity index is 2.34. The van der Waals surface area contributed by atoms with Gasteiger partial charge in [0.2, 0.25) is 0 Å². The zero-order chi connectivity index (χ0) is 12.1. The van der Waals surface area contributed by atoms with Gasteiger partial charge < -0.3 is 5.11 Å². The van der Waals surface area contributed by atoms with Gasteiger partial charge >= 0.3 is 0 Å². The SMILES string of the molecule is CC(O)c1ccccc1C#Cc1ccccc1. The van der Waals surface area contributed by atoms with Crippen LogP contribution < -0.4 is 0 Å². The molecule has 0 heterocycles. The number of aliphatic hydroxyl groups excluding tert-OH is 1. The molecule has 1 nitrogen and oxygen atoms in total. The fraction of sp³-hybridized carbons (Fsp3) is 0.125. The highest BCUT2D eigenvalue weighted by atomic mass is 16.3. The fourth-order valence-corrected chi connectivity index (χ4v) is 1.64. The van der Waals surface area contributed by atoms with Gasteiger partial charge in [0.1, 0.15) is 0 Å². The van der Waals surface area contributed by atoms with E-state index in [0.717, 1.165) is 16.7 Å². The van der Waals surface area contributed by atoms with Gasteiger partial charge in [-0.3, -0.25) is 0 Å². The minimum absolute atomic E-state index is 0.490. The van der Waals surface area contributed by atoms with Crippen molar-refractivity contribution in [2.45, 2.75) is 13.0 Å². The number of benzene rings is 2. The van der Waals surface area contributed by atoms with Crippen molar-refractivity contribution in [1.29, 1.82) is 0 Å². The van der Waals surface area contributed by atoms with E-state index in [2.05, 4.69) is 11.8 Å². The van der Waals surface area contributed by atoms with E-state index in [-0.39, 0.29) is 0 Å². The maximum atomic E-state index is 9.63. The van der Waals surface area contributed by atoms with Crippen molar-refractivity contribution in [3.8, 4) is 11.8 Å². The van der Waals surface area contributed by atoms with Crippen LogP contribution in [0, 0.1) is 11.8 Å². The van der Waals surface area contributed by atoms with Crippen LogP contribution in [0.4, 0.5) is 0 Å². The molecule has 0 aliphatic carbocycles. The Hall–Kier alpha value is -2.04. The van der Waals surface area contributed by atoms with Gasteiger partial charge in [-0.15, -0.1) is 0 Å². The summed E-state index contributed by atoms with van der Waals surface area (Å²) >= 11 is 0. The second kappa shape index (κ2) is 5.34. The molecule has 0 saturated heterocycles. The molecule has 2 rings (SSSR count). The van der Waals surface area contributed by atoms with Gasteiger partial charge in [-0.2, -0.15) is 0 Å². The van der Waals surface area contributed by atoms with Gasteiger partial charge in [0.05, 0.1) is 6.10 Å². The monoisotopic (exact) mass is 222 g/mol. The standard InChI is InChI=1S/C16H14O/c1-13(17)16-10-6-5-9-15(16)12-11-14-7-3-2-4-8-14/h2-10,13,17H,1H3. The molecule has 0 aliphatic rings. The van der Waals surface area contributed by atoms with Gasteiger partial charge in [0.15, 0.2) is 0 Å². The van der Waals surface area contributed by atoms with E-state index in [1.807, 2.05) is 54.6 Å². The van der Waals surface area contributed by atoms with E-state index in [9.17, 15) is 5.11 Å². The third kappa shape index (κ3) is 2.96. The highest BCUT2D eigenvalue weighted by molar-refractivity contribution is 5.46. The van der Waals surface area contributed by atoms with Crippen LogP contribution in [0.5, 0.6) is 0 Å². The minimum Gasteiger partial charge on any atom is -0.389 e. The van der Waals surface area contributed by atoms with Crippen molar-refractivity contribution in [2.24, 2.45) is 0 Å². The predicted molar refractivity (Wildman–Crippen MR) is 69.5 cm³/mol. The van der Waals surface area contributed by atoms with Crippen LogP contribution in [0.2, 0.25) is 0 Å². The first-order valence-electron chi connectivity index (χ1n) is 5.61. The normalized spacial score (nSPS) is 11.4. The average molecular weight is 222 g/mol. The summed E-state index contributed by atoms with van der Waals surface area (Å²) in [6.07, 6.45) is -0.490. The van der Waals surface area contributed by atoms with Crippen molar-refractivity contribution < 1.29 is 5.11 Å². The van der Waals surface area contributed by atoms with Gasteiger partial charge in [-0.05, 0) is 30.7 Å². The first-order valence-corrected chi connectivity index (χ1v) is 5.61. The topological polar surface area (TPSA) is 20.2 Å². The van der Waals surface area contributed by atoms with Crippen LogP contribution in [0.3, 0.4) is 0 Å². The van der Waals surface area contributed by atoms with E-state index in [4.69, 9.17) is 0 Å². The minimum atomic E-state index is -0.490. The molecule has 1 N–H and O–H groups in total. The fourth-order valence-electron chi connectivity index (χ4n) is 1.64. The molecule has 84 valence electrons. The average Bonchev–Trinajstić information content (AvgIpc) is 2.38. The van der Waals surface area contributed by atoms with Crippen molar-refractivity contribution >= 4 is 0 Å². The summed E-state index contributed by atoms with van der Waals surface area (Å²) in [5, 5.41) is 9.63. The summed E-state index contributed by atoms with van der Waals surface area (Å²) in [5.41, 5.74) is 2.73. The van der Waals surface area contributed by atoms with E-state index < -0.39 is 6.10 Å². The summed E-state index contributed by atoms with van der Waals surface area (Å²) < 4.78 is 0. The Bertz CT molecular complexity index is 544. The molecule has 0 fully saturated rings. The van der Waals surface area contributed by atoms with Crippen molar-refractivity contribution in [3.05, 3.63) is 71.3 Å². The lowest BCUT2D eigenvalue weighted by Gasteiger charge is -2.06. The number of hydrogen-bond donors (Lipinski definition) is 1. The molecule has 0 spiro atoms. The van der Waals surface area contributed by atoms with Gasteiger partial charge in [0, 0.05) is 11.1 Å². The second-order valence-electron chi connectivity index (χ2n) is 3.88. The zero-order valence-electron chi connectivity index (χ0n) is 9.72. The van der Waals surface area contributed by atoms with Crippen LogP contribution in [0.25, 0.3) is 0 Å². The first kappa shape index (κ1) is 11.4. The van der Waals surface area contributed by atoms with Crippen LogP contribution in [-0.4, -0.2) is 5.11 Å². The molecule has 17 heavy (non-hydrogen) atoms. The maximum Gasteiger partial charge on any atom is 0.0774 e. The van der Waals surface area contributed by atoms with Crippen molar-refractivity contribution in [3.63, 3.8) is 0 Å². The molecule has 0 saturated carbocycles. The zero-order valence-corrected chi connectivity index (χ0v) is 9.72. The number of rotatable bonds is 1. The van der Waals surface area contributed by atoms with Crippen molar-refractivity contribution in [2.75, 3.05) is 0 Å². The Morgan fingerprint density at radius 2 is 1.53 bits per heavy atom. The first-order chi connectivity index (χ1) is 8.27. The molecule has 2 aromatic rings. The van der Waals surface area contributed by atoms with E-state index in [1.165, 1.54) is 0 Å².